The lowest BCUT2D eigenvalue weighted by atomic mass is 10.1. The maximum atomic E-state index is 13.5. The summed E-state index contributed by atoms with van der Waals surface area (Å²) in [7, 11) is 1.63. The van der Waals surface area contributed by atoms with Gasteiger partial charge in [-0.1, -0.05) is 43.3 Å². The maximum Gasteiger partial charge on any atom is 0.283 e. The number of aliphatic imine (C=N–C) groups is 1. The van der Waals surface area contributed by atoms with Crippen LogP contribution in [0.3, 0.4) is 0 Å². The molecule has 9 heteroatoms. The molecule has 0 radical (unpaired) electrons. The molecule has 2 heterocycles. The van der Waals surface area contributed by atoms with E-state index in [4.69, 9.17) is 9.73 Å². The molecular formula is C25H28N6O2S. The quantitative estimate of drug-likeness (QED) is 0.435. The van der Waals surface area contributed by atoms with Gasteiger partial charge in [-0.15, -0.1) is 5.10 Å². The minimum atomic E-state index is -0.158. The van der Waals surface area contributed by atoms with E-state index in [2.05, 4.69) is 28.5 Å². The monoisotopic (exact) mass is 476 g/mol. The molecule has 0 fully saturated rings. The Kier molecular flexibility index (Phi) is 7.42. The van der Waals surface area contributed by atoms with Crippen molar-refractivity contribution in [3.8, 4) is 5.75 Å². The van der Waals surface area contributed by atoms with Crippen LogP contribution in [0.1, 0.15) is 42.3 Å². The normalized spacial score (nSPS) is 14.7. The maximum absolute atomic E-state index is 13.5. The first-order valence-electron chi connectivity index (χ1n) is 11.2. The van der Waals surface area contributed by atoms with Gasteiger partial charge in [-0.3, -0.25) is 9.69 Å². The highest BCUT2D eigenvalue weighted by atomic mass is 32.2. The Balaban J connectivity index is 1.65. The molecule has 0 bridgehead atoms. The van der Waals surface area contributed by atoms with E-state index < -0.39 is 0 Å². The molecule has 8 nitrogen and oxygen atoms in total. The highest BCUT2D eigenvalue weighted by molar-refractivity contribution is 8.13. The van der Waals surface area contributed by atoms with E-state index >= 15 is 0 Å². The number of hydrogen-bond donors (Lipinski definition) is 0. The van der Waals surface area contributed by atoms with Crippen molar-refractivity contribution in [1.29, 1.82) is 0 Å². The average Bonchev–Trinajstić information content (AvgIpc) is 3.39. The number of carbonyl (C=O) groups excluding carboxylic acids is 1. The van der Waals surface area contributed by atoms with E-state index in [9.17, 15) is 4.79 Å². The molecule has 1 aliphatic heterocycles. The van der Waals surface area contributed by atoms with Crippen LogP contribution in [0.25, 0.3) is 6.08 Å². The third-order valence-corrected chi connectivity index (χ3v) is 6.31. The number of benzene rings is 2. The summed E-state index contributed by atoms with van der Waals surface area (Å²) in [6, 6.07) is 13.6. The van der Waals surface area contributed by atoms with Crippen LogP contribution in [0.4, 0.5) is 5.69 Å². The van der Waals surface area contributed by atoms with E-state index in [-0.39, 0.29) is 5.91 Å². The molecule has 3 aromatic rings. The first-order chi connectivity index (χ1) is 16.5. The largest absolute Gasteiger partial charge is 0.497 e. The van der Waals surface area contributed by atoms with Crippen molar-refractivity contribution in [3.05, 3.63) is 70.7 Å². The van der Waals surface area contributed by atoms with Crippen LogP contribution in [-0.4, -0.2) is 38.4 Å². The Hall–Kier alpha value is -3.46. The van der Waals surface area contributed by atoms with Crippen molar-refractivity contribution in [3.63, 3.8) is 0 Å². The Morgan fingerprint density at radius 3 is 2.50 bits per heavy atom. The molecule has 0 atom stereocenters. The van der Waals surface area contributed by atoms with Crippen LogP contribution in [0, 0.1) is 13.8 Å². The second-order valence-corrected chi connectivity index (χ2v) is 9.09. The molecule has 0 saturated heterocycles. The van der Waals surface area contributed by atoms with Crippen molar-refractivity contribution in [2.24, 2.45) is 4.99 Å². The van der Waals surface area contributed by atoms with Crippen molar-refractivity contribution in [2.45, 2.75) is 45.9 Å². The van der Waals surface area contributed by atoms with Crippen LogP contribution in [0.2, 0.25) is 0 Å². The van der Waals surface area contributed by atoms with Gasteiger partial charge in [0.2, 0.25) is 0 Å². The number of amidine groups is 1. The SMILES string of the molecule is CCCCn1nnnc1CSC1=NC(=Cc2ccc(OC)cc2)C(=O)N1c1cc(C)cc(C)c1. The Bertz CT molecular complexity index is 1210. The zero-order chi connectivity index (χ0) is 24.1. The predicted molar refractivity (Wildman–Crippen MR) is 136 cm³/mol. The van der Waals surface area contributed by atoms with E-state index in [0.29, 0.717) is 16.6 Å². The molecule has 2 aromatic carbocycles. The molecular weight excluding hydrogens is 448 g/mol. The first kappa shape index (κ1) is 23.7. The number of unbranched alkanes of at least 4 members (excludes halogenated alkanes) is 1. The number of hydrogen-bond acceptors (Lipinski definition) is 7. The van der Waals surface area contributed by atoms with Crippen LogP contribution >= 0.6 is 11.8 Å². The van der Waals surface area contributed by atoms with E-state index in [1.165, 1.54) is 11.8 Å². The zero-order valence-electron chi connectivity index (χ0n) is 19.9. The third-order valence-electron chi connectivity index (χ3n) is 5.37. The number of aromatic nitrogens is 4. The van der Waals surface area contributed by atoms with E-state index in [1.807, 2.05) is 54.9 Å². The molecule has 0 N–H and O–H groups in total. The van der Waals surface area contributed by atoms with Gasteiger partial charge in [0.05, 0.1) is 18.6 Å². The number of carbonyl (C=O) groups is 1. The molecule has 4 rings (SSSR count). The second kappa shape index (κ2) is 10.6. The van der Waals surface area contributed by atoms with Gasteiger partial charge in [0, 0.05) is 6.54 Å². The highest BCUT2D eigenvalue weighted by Gasteiger charge is 2.32. The lowest BCUT2D eigenvalue weighted by Crippen LogP contribution is -2.30. The summed E-state index contributed by atoms with van der Waals surface area (Å²) in [5, 5.41) is 12.7. The van der Waals surface area contributed by atoms with Gasteiger partial charge in [0.15, 0.2) is 11.0 Å². The molecule has 0 unspecified atom stereocenters. The van der Waals surface area contributed by atoms with Crippen LogP contribution < -0.4 is 9.64 Å². The Morgan fingerprint density at radius 1 is 1.09 bits per heavy atom. The van der Waals surface area contributed by atoms with Crippen molar-refractivity contribution >= 4 is 34.6 Å². The average molecular weight is 477 g/mol. The summed E-state index contributed by atoms with van der Waals surface area (Å²) >= 11 is 1.46. The fraction of sp³-hybridized carbons (Fsp3) is 0.320. The van der Waals surface area contributed by atoms with Crippen molar-refractivity contribution < 1.29 is 9.53 Å². The molecule has 0 spiro atoms. The number of tetrazole rings is 1. The number of aryl methyl sites for hydroxylation is 3. The highest BCUT2D eigenvalue weighted by Crippen LogP contribution is 2.32. The number of methoxy groups -OCH3 is 1. The summed E-state index contributed by atoms with van der Waals surface area (Å²) in [5.41, 5.74) is 4.24. The van der Waals surface area contributed by atoms with Gasteiger partial charge in [0.1, 0.15) is 11.4 Å². The lowest BCUT2D eigenvalue weighted by Gasteiger charge is -2.19. The summed E-state index contributed by atoms with van der Waals surface area (Å²) in [6.45, 7) is 6.96. The molecule has 34 heavy (non-hydrogen) atoms. The minimum absolute atomic E-state index is 0.158. The van der Waals surface area contributed by atoms with E-state index in [1.54, 1.807) is 18.1 Å². The van der Waals surface area contributed by atoms with Gasteiger partial charge in [-0.2, -0.15) is 0 Å². The molecule has 176 valence electrons. The summed E-state index contributed by atoms with van der Waals surface area (Å²) in [4.78, 5) is 19.9. The van der Waals surface area contributed by atoms with Gasteiger partial charge in [-0.05, 0) is 77.7 Å². The van der Waals surface area contributed by atoms with Crippen molar-refractivity contribution in [2.75, 3.05) is 12.0 Å². The van der Waals surface area contributed by atoms with Gasteiger partial charge in [0.25, 0.3) is 5.91 Å². The second-order valence-electron chi connectivity index (χ2n) is 8.14. The fourth-order valence-electron chi connectivity index (χ4n) is 3.70. The number of ether oxygens (including phenoxy) is 1. The topological polar surface area (TPSA) is 85.5 Å². The number of anilines is 1. The smallest absolute Gasteiger partial charge is 0.283 e. The van der Waals surface area contributed by atoms with Crippen molar-refractivity contribution in [1.82, 2.24) is 20.2 Å². The number of rotatable bonds is 8. The summed E-state index contributed by atoms with van der Waals surface area (Å²) in [6.07, 6.45) is 3.87. The van der Waals surface area contributed by atoms with Gasteiger partial charge >= 0.3 is 0 Å². The Morgan fingerprint density at radius 2 is 1.82 bits per heavy atom. The number of thioether (sulfide) groups is 1. The van der Waals surface area contributed by atoms with E-state index in [0.717, 1.165) is 53.3 Å². The molecule has 0 saturated carbocycles. The Labute approximate surface area is 203 Å². The number of nitrogens with zero attached hydrogens (tertiary/aromatic N) is 6. The van der Waals surface area contributed by atoms with Crippen LogP contribution in [-0.2, 0) is 17.1 Å². The standard InChI is InChI=1S/C25H28N6O2S/c1-5-6-11-30-23(27-28-29-30)16-34-25-26-22(15-19-7-9-21(33-4)10-8-19)24(32)31(25)20-13-17(2)12-18(3)14-20/h7-10,12-15H,5-6,11,16H2,1-4H3. The molecule has 1 amide bonds. The first-order valence-corrected chi connectivity index (χ1v) is 12.2. The van der Waals surface area contributed by atoms with Gasteiger partial charge < -0.3 is 4.74 Å². The number of amides is 1. The zero-order valence-corrected chi connectivity index (χ0v) is 20.7. The summed E-state index contributed by atoms with van der Waals surface area (Å²) in [5.74, 6) is 1.88. The molecule has 1 aromatic heterocycles. The van der Waals surface area contributed by atoms with Gasteiger partial charge in [-0.25, -0.2) is 9.67 Å². The van der Waals surface area contributed by atoms with Crippen LogP contribution in [0.15, 0.2) is 53.2 Å². The fourth-order valence-corrected chi connectivity index (χ4v) is 4.64. The molecule has 1 aliphatic rings. The lowest BCUT2D eigenvalue weighted by molar-refractivity contribution is -0.113. The van der Waals surface area contributed by atoms with Crippen LogP contribution in [0.5, 0.6) is 5.75 Å². The predicted octanol–water partition coefficient (Wildman–Crippen LogP) is 4.78. The summed E-state index contributed by atoms with van der Waals surface area (Å²) < 4.78 is 7.05. The molecule has 0 aliphatic carbocycles. The minimum Gasteiger partial charge on any atom is -0.497 e. The third kappa shape index (κ3) is 5.36.